The van der Waals surface area contributed by atoms with Gasteiger partial charge in [-0.2, -0.15) is 5.26 Å². The molecular weight excluding hydrogens is 419 g/mol. The summed E-state index contributed by atoms with van der Waals surface area (Å²) in [5.41, 5.74) is 1.01. The van der Waals surface area contributed by atoms with Crippen molar-refractivity contribution < 1.29 is 27.6 Å². The molecule has 0 saturated heterocycles. The van der Waals surface area contributed by atoms with Crippen molar-refractivity contribution >= 4 is 28.1 Å². The number of ether oxygens (including phenoxy) is 1. The lowest BCUT2D eigenvalue weighted by molar-refractivity contribution is -0.114. The SMILES string of the molecule is [2H]/C(CN(C)C([2H])([2H])[2H])=C(/[2H])C(=O)Cc1cc2c(Nc3ccc(F)c(C)c3)c(C#N)cnc2cc1OC([2H])([2H])C([2H])([2H])[2H]. The number of pyridine rings is 1. The minimum absolute atomic E-state index is 0.0560. The zero-order valence-corrected chi connectivity index (χ0v) is 17.9. The highest BCUT2D eigenvalue weighted by Gasteiger charge is 2.16. The van der Waals surface area contributed by atoms with Crippen LogP contribution in [-0.4, -0.2) is 42.8 Å². The molecular formula is C26H27FN4O2. The summed E-state index contributed by atoms with van der Waals surface area (Å²) in [6.07, 6.45) is 0.541. The van der Waals surface area contributed by atoms with E-state index in [9.17, 15) is 14.4 Å². The summed E-state index contributed by atoms with van der Waals surface area (Å²) in [5, 5.41) is 13.0. The summed E-state index contributed by atoms with van der Waals surface area (Å²) in [7, 11) is 1.20. The highest BCUT2D eigenvalue weighted by molar-refractivity contribution is 5.98. The van der Waals surface area contributed by atoms with Gasteiger partial charge in [0.05, 0.1) is 28.8 Å². The average Bonchev–Trinajstić information content (AvgIpc) is 2.89. The molecule has 7 heteroatoms. The number of aryl methyl sites for hydroxylation is 1. The molecule has 3 aromatic rings. The van der Waals surface area contributed by atoms with Gasteiger partial charge in [-0.05, 0) is 63.7 Å². The zero-order valence-electron chi connectivity index (χ0n) is 27.9. The number of halogens is 1. The Labute approximate surface area is 207 Å². The van der Waals surface area contributed by atoms with E-state index in [2.05, 4.69) is 10.3 Å². The summed E-state index contributed by atoms with van der Waals surface area (Å²) in [6, 6.07) is 7.24. The summed E-state index contributed by atoms with van der Waals surface area (Å²) >= 11 is 0. The van der Waals surface area contributed by atoms with Crippen LogP contribution in [0.15, 0.2) is 48.6 Å². The average molecular weight is 457 g/mol. The number of nitrogens with one attached hydrogen (secondary N) is 1. The van der Waals surface area contributed by atoms with Gasteiger partial charge in [-0.25, -0.2) is 4.39 Å². The van der Waals surface area contributed by atoms with Crippen molar-refractivity contribution in [3.8, 4) is 11.8 Å². The molecule has 2 aromatic carbocycles. The Hall–Kier alpha value is -3.76. The number of carbonyl (C=O) groups is 1. The van der Waals surface area contributed by atoms with Crippen LogP contribution in [0.25, 0.3) is 10.9 Å². The van der Waals surface area contributed by atoms with Gasteiger partial charge < -0.3 is 15.0 Å². The molecule has 0 spiro atoms. The van der Waals surface area contributed by atoms with Gasteiger partial charge in [0.25, 0.3) is 0 Å². The number of fused-ring (bicyclic) bond motifs is 1. The number of likely N-dealkylation sites (N-methyl/N-ethyl adjacent to an activating group) is 1. The van der Waals surface area contributed by atoms with E-state index in [4.69, 9.17) is 18.4 Å². The van der Waals surface area contributed by atoms with E-state index in [1.165, 1.54) is 43.6 Å². The second kappa shape index (κ2) is 10.7. The fourth-order valence-corrected chi connectivity index (χ4v) is 3.11. The number of nitriles is 1. The molecule has 3 rings (SSSR count). The Balaban J connectivity index is 2.18. The second-order valence-corrected chi connectivity index (χ2v) is 7.19. The maximum Gasteiger partial charge on any atom is 0.159 e. The summed E-state index contributed by atoms with van der Waals surface area (Å²) in [4.78, 5) is 18.1. The normalized spacial score (nSPS) is 17.4. The molecule has 1 aromatic heterocycles. The molecule has 1 N–H and O–H groups in total. The van der Waals surface area contributed by atoms with Crippen LogP contribution >= 0.6 is 0 Å². The molecule has 0 aliphatic rings. The number of carbonyl (C=O) groups excluding carboxylic acids is 1. The maximum absolute atomic E-state index is 13.9. The third-order valence-corrected chi connectivity index (χ3v) is 4.65. The monoisotopic (exact) mass is 456 g/mol. The number of hydrogen-bond donors (Lipinski definition) is 1. The molecule has 0 aliphatic heterocycles. The van der Waals surface area contributed by atoms with Gasteiger partial charge in [-0.3, -0.25) is 9.78 Å². The molecule has 6 nitrogen and oxygen atoms in total. The molecule has 170 valence electrons. The number of aromatic nitrogens is 1. The van der Waals surface area contributed by atoms with Crippen LogP contribution in [0.2, 0.25) is 0 Å². The lowest BCUT2D eigenvalue weighted by atomic mass is 10.0. The number of ketones is 1. The van der Waals surface area contributed by atoms with Crippen molar-refractivity contribution in [3.05, 3.63) is 71.1 Å². The second-order valence-electron chi connectivity index (χ2n) is 7.19. The van der Waals surface area contributed by atoms with Crippen LogP contribution in [0.1, 0.15) is 37.2 Å². The van der Waals surface area contributed by atoms with E-state index in [1.807, 2.05) is 6.07 Å². The smallest absolute Gasteiger partial charge is 0.159 e. The number of anilines is 2. The summed E-state index contributed by atoms with van der Waals surface area (Å²) in [6.45, 7) is -8.01. The van der Waals surface area contributed by atoms with Crippen molar-refractivity contribution in [2.45, 2.75) is 20.2 Å². The molecule has 33 heavy (non-hydrogen) atoms. The third-order valence-electron chi connectivity index (χ3n) is 4.65. The minimum atomic E-state index is -3.23. The van der Waals surface area contributed by atoms with Gasteiger partial charge in [-0.15, -0.1) is 0 Å². The predicted molar refractivity (Wildman–Crippen MR) is 128 cm³/mol. The van der Waals surface area contributed by atoms with Crippen LogP contribution < -0.4 is 10.1 Å². The first kappa shape index (κ1) is 13.7. The van der Waals surface area contributed by atoms with Crippen LogP contribution in [0.4, 0.5) is 15.8 Å². The quantitative estimate of drug-likeness (QED) is 0.460. The van der Waals surface area contributed by atoms with E-state index < -0.39 is 57.1 Å². The Morgan fingerprint density at radius 3 is 3.03 bits per heavy atom. The molecule has 0 radical (unpaired) electrons. The van der Waals surface area contributed by atoms with Crippen molar-refractivity contribution in [1.82, 2.24) is 9.88 Å². The van der Waals surface area contributed by atoms with E-state index in [-0.39, 0.29) is 33.5 Å². The van der Waals surface area contributed by atoms with Gasteiger partial charge in [-0.1, -0.05) is 6.05 Å². The minimum Gasteiger partial charge on any atom is -0.494 e. The molecule has 1 heterocycles. The molecule has 0 saturated carbocycles. The Kier molecular flexibility index (Phi) is 4.45. The molecule has 0 atom stereocenters. The molecule has 0 fully saturated rings. The highest BCUT2D eigenvalue weighted by atomic mass is 19.1. The standard InChI is InChI=1S/C26H27FN4O2/c1-5-33-25-14-24-22(13-18(25)12-21(32)7-6-10-31(3)4)26(19(15-28)16-29-24)30-20-8-9-23(27)17(2)11-20/h6-9,11,13-14,16H,5,10,12H2,1-4H3,(H,29,30)/b7-6+/i1D3,3D3,5D2,6D,7D. The van der Waals surface area contributed by atoms with Crippen LogP contribution in [0, 0.1) is 24.1 Å². The lowest BCUT2D eigenvalue weighted by Crippen LogP contribution is -2.11. The van der Waals surface area contributed by atoms with Gasteiger partial charge in [0.2, 0.25) is 0 Å². The van der Waals surface area contributed by atoms with Gasteiger partial charge in [0, 0.05) is 50.1 Å². The van der Waals surface area contributed by atoms with Crippen molar-refractivity contribution in [2.75, 3.05) is 32.4 Å². The summed E-state index contributed by atoms with van der Waals surface area (Å²) < 4.78 is 96.0. The molecule has 0 aliphatic carbocycles. The van der Waals surface area contributed by atoms with Crippen LogP contribution in [-0.2, 0) is 11.2 Å². The van der Waals surface area contributed by atoms with Crippen LogP contribution in [0.5, 0.6) is 5.75 Å². The zero-order chi connectivity index (χ0) is 32.5. The number of hydrogen-bond acceptors (Lipinski definition) is 6. The fraction of sp³-hybridized carbons (Fsp3) is 0.269. The van der Waals surface area contributed by atoms with E-state index in [0.717, 1.165) is 4.90 Å². The maximum atomic E-state index is 13.9. The van der Waals surface area contributed by atoms with Crippen molar-refractivity contribution in [1.29, 1.82) is 5.26 Å². The Bertz CT molecular complexity index is 1630. The largest absolute Gasteiger partial charge is 0.494 e. The predicted octanol–water partition coefficient (Wildman–Crippen LogP) is 4.93. The number of rotatable bonds is 9. The fourth-order valence-electron chi connectivity index (χ4n) is 3.11. The first-order chi connectivity index (χ1) is 19.7. The number of nitrogens with zero attached hydrogens (tertiary/aromatic N) is 3. The summed E-state index contributed by atoms with van der Waals surface area (Å²) in [5.74, 6) is -1.80. The molecule has 0 amide bonds. The van der Waals surface area contributed by atoms with E-state index in [1.54, 1.807) is 6.92 Å². The first-order valence-electron chi connectivity index (χ1n) is 14.7. The first-order valence-corrected chi connectivity index (χ1v) is 9.74. The number of benzene rings is 2. The van der Waals surface area contributed by atoms with Gasteiger partial charge >= 0.3 is 0 Å². The number of allylic oxidation sites excluding steroid dienone is 1. The Morgan fingerprint density at radius 2 is 2.30 bits per heavy atom. The van der Waals surface area contributed by atoms with Gasteiger partial charge in [0.15, 0.2) is 5.78 Å². The van der Waals surface area contributed by atoms with Crippen molar-refractivity contribution in [3.63, 3.8) is 0 Å². The van der Waals surface area contributed by atoms with Crippen LogP contribution in [0.3, 0.4) is 0 Å². The topological polar surface area (TPSA) is 78.3 Å². The Morgan fingerprint density at radius 1 is 1.45 bits per heavy atom. The lowest BCUT2D eigenvalue weighted by Gasteiger charge is -2.15. The highest BCUT2D eigenvalue weighted by Crippen LogP contribution is 2.34. The molecule has 0 unspecified atom stereocenters. The van der Waals surface area contributed by atoms with Gasteiger partial charge in [0.1, 0.15) is 17.6 Å². The van der Waals surface area contributed by atoms with E-state index in [0.29, 0.717) is 11.3 Å². The van der Waals surface area contributed by atoms with Crippen molar-refractivity contribution in [2.24, 2.45) is 0 Å². The van der Waals surface area contributed by atoms with E-state index >= 15 is 0 Å². The molecule has 0 bridgehead atoms. The third kappa shape index (κ3) is 5.93.